The van der Waals surface area contributed by atoms with E-state index in [1.165, 1.54) is 0 Å². The highest BCUT2D eigenvalue weighted by molar-refractivity contribution is 6.30. The van der Waals surface area contributed by atoms with Gasteiger partial charge in [-0.15, -0.1) is 0 Å². The number of fused-ring (bicyclic) bond motifs is 1. The third kappa shape index (κ3) is 2.91. The fourth-order valence-electron chi connectivity index (χ4n) is 2.25. The first kappa shape index (κ1) is 13.7. The van der Waals surface area contributed by atoms with Gasteiger partial charge in [-0.2, -0.15) is 0 Å². The van der Waals surface area contributed by atoms with Crippen LogP contribution < -0.4 is 4.74 Å². The Labute approximate surface area is 128 Å². The second kappa shape index (κ2) is 5.98. The second-order valence-corrected chi connectivity index (χ2v) is 5.07. The van der Waals surface area contributed by atoms with Crippen LogP contribution in [0.5, 0.6) is 5.75 Å². The summed E-state index contributed by atoms with van der Waals surface area (Å²) in [5.41, 5.74) is 1.83. The minimum Gasteiger partial charge on any atom is -0.496 e. The third-order valence-electron chi connectivity index (χ3n) is 3.32. The first-order valence-electron chi connectivity index (χ1n) is 6.63. The zero-order chi connectivity index (χ0) is 14.7. The summed E-state index contributed by atoms with van der Waals surface area (Å²) in [5.74, 6) is 0.811. The maximum atomic E-state index is 5.88. The molecule has 0 radical (unpaired) electrons. The van der Waals surface area contributed by atoms with Gasteiger partial charge in [0.05, 0.1) is 12.8 Å². The quantitative estimate of drug-likeness (QED) is 0.605. The van der Waals surface area contributed by atoms with Gasteiger partial charge in [0.15, 0.2) is 0 Å². The SMILES string of the molecule is COc1ccc2ccccc2c1C=Nc1ccc(Cl)cc1. The number of hydrogen-bond donors (Lipinski definition) is 0. The third-order valence-corrected chi connectivity index (χ3v) is 3.57. The zero-order valence-electron chi connectivity index (χ0n) is 11.6. The molecular formula is C18H14ClNO. The number of ether oxygens (including phenoxy) is 1. The fourth-order valence-corrected chi connectivity index (χ4v) is 2.38. The summed E-state index contributed by atoms with van der Waals surface area (Å²) in [6.07, 6.45) is 1.84. The van der Waals surface area contributed by atoms with E-state index in [-0.39, 0.29) is 0 Å². The van der Waals surface area contributed by atoms with Crippen molar-refractivity contribution in [1.82, 2.24) is 0 Å². The van der Waals surface area contributed by atoms with E-state index in [9.17, 15) is 0 Å². The summed E-state index contributed by atoms with van der Waals surface area (Å²) < 4.78 is 5.45. The highest BCUT2D eigenvalue weighted by Gasteiger charge is 2.05. The van der Waals surface area contributed by atoms with Crippen molar-refractivity contribution in [2.24, 2.45) is 4.99 Å². The number of aliphatic imine (C=N–C) groups is 1. The first-order chi connectivity index (χ1) is 10.3. The molecule has 0 unspecified atom stereocenters. The van der Waals surface area contributed by atoms with Gasteiger partial charge >= 0.3 is 0 Å². The molecule has 0 spiro atoms. The largest absolute Gasteiger partial charge is 0.496 e. The van der Waals surface area contributed by atoms with Gasteiger partial charge in [0.1, 0.15) is 5.75 Å². The van der Waals surface area contributed by atoms with Gasteiger partial charge in [-0.05, 0) is 41.1 Å². The molecule has 0 saturated carbocycles. The summed E-state index contributed by atoms with van der Waals surface area (Å²) >= 11 is 5.88. The number of nitrogens with zero attached hydrogens (tertiary/aromatic N) is 1. The van der Waals surface area contributed by atoms with Crippen LogP contribution in [0.2, 0.25) is 5.02 Å². The predicted molar refractivity (Wildman–Crippen MR) is 89.2 cm³/mol. The van der Waals surface area contributed by atoms with Crippen molar-refractivity contribution < 1.29 is 4.74 Å². The average Bonchev–Trinajstić information content (AvgIpc) is 2.54. The van der Waals surface area contributed by atoms with Gasteiger partial charge in [0, 0.05) is 16.8 Å². The van der Waals surface area contributed by atoms with E-state index in [1.54, 1.807) is 7.11 Å². The van der Waals surface area contributed by atoms with Crippen LogP contribution in [0.15, 0.2) is 65.7 Å². The molecule has 3 heteroatoms. The molecule has 0 heterocycles. The smallest absolute Gasteiger partial charge is 0.128 e. The molecule has 2 nitrogen and oxygen atoms in total. The monoisotopic (exact) mass is 295 g/mol. The van der Waals surface area contributed by atoms with Crippen LogP contribution in [0.25, 0.3) is 10.8 Å². The van der Waals surface area contributed by atoms with E-state index >= 15 is 0 Å². The van der Waals surface area contributed by atoms with Crippen LogP contribution in [-0.2, 0) is 0 Å². The van der Waals surface area contributed by atoms with Gasteiger partial charge in [-0.25, -0.2) is 0 Å². The second-order valence-electron chi connectivity index (χ2n) is 4.64. The summed E-state index contributed by atoms with van der Waals surface area (Å²) in [4.78, 5) is 4.51. The van der Waals surface area contributed by atoms with Crippen LogP contribution in [0.1, 0.15) is 5.56 Å². The average molecular weight is 296 g/mol. The lowest BCUT2D eigenvalue weighted by atomic mass is 10.0. The zero-order valence-corrected chi connectivity index (χ0v) is 12.3. The molecule has 21 heavy (non-hydrogen) atoms. The molecule has 0 atom stereocenters. The molecule has 0 bridgehead atoms. The van der Waals surface area contributed by atoms with E-state index in [0.29, 0.717) is 5.02 Å². The van der Waals surface area contributed by atoms with E-state index in [0.717, 1.165) is 27.8 Å². The van der Waals surface area contributed by atoms with Crippen molar-refractivity contribution in [3.05, 3.63) is 71.2 Å². The molecule has 0 N–H and O–H groups in total. The molecule has 0 aromatic heterocycles. The van der Waals surface area contributed by atoms with Crippen LogP contribution in [-0.4, -0.2) is 13.3 Å². The van der Waals surface area contributed by atoms with Crippen molar-refractivity contribution in [3.8, 4) is 5.75 Å². The molecule has 0 fully saturated rings. The molecule has 0 aliphatic heterocycles. The van der Waals surface area contributed by atoms with Crippen LogP contribution in [0, 0.1) is 0 Å². The summed E-state index contributed by atoms with van der Waals surface area (Å²) in [6.45, 7) is 0. The standard InChI is InChI=1S/C18H14ClNO/c1-21-18-11-6-13-4-2-3-5-16(13)17(18)12-20-15-9-7-14(19)8-10-15/h2-12H,1H3. The van der Waals surface area contributed by atoms with Gasteiger partial charge < -0.3 is 4.74 Å². The van der Waals surface area contributed by atoms with Crippen LogP contribution >= 0.6 is 11.6 Å². The lowest BCUT2D eigenvalue weighted by Crippen LogP contribution is -1.92. The molecule has 3 rings (SSSR count). The number of halogens is 1. The Balaban J connectivity index is 2.08. The van der Waals surface area contributed by atoms with Crippen molar-refractivity contribution in [2.75, 3.05) is 7.11 Å². The normalized spacial score (nSPS) is 11.1. The number of rotatable bonds is 3. The molecule has 3 aromatic carbocycles. The van der Waals surface area contributed by atoms with Gasteiger partial charge in [-0.1, -0.05) is 41.9 Å². The van der Waals surface area contributed by atoms with E-state index in [4.69, 9.17) is 16.3 Å². The highest BCUT2D eigenvalue weighted by Crippen LogP contribution is 2.27. The molecule has 0 aliphatic rings. The Morgan fingerprint density at radius 2 is 1.71 bits per heavy atom. The molecule has 0 amide bonds. The lowest BCUT2D eigenvalue weighted by molar-refractivity contribution is 0.415. The van der Waals surface area contributed by atoms with Crippen molar-refractivity contribution in [1.29, 1.82) is 0 Å². The summed E-state index contributed by atoms with van der Waals surface area (Å²) in [7, 11) is 1.67. The first-order valence-corrected chi connectivity index (χ1v) is 7.01. The van der Waals surface area contributed by atoms with Crippen LogP contribution in [0.3, 0.4) is 0 Å². The van der Waals surface area contributed by atoms with Crippen molar-refractivity contribution in [3.63, 3.8) is 0 Å². The Morgan fingerprint density at radius 1 is 0.952 bits per heavy atom. The van der Waals surface area contributed by atoms with E-state index in [2.05, 4.69) is 17.1 Å². The minimum absolute atomic E-state index is 0.705. The van der Waals surface area contributed by atoms with Gasteiger partial charge in [0.25, 0.3) is 0 Å². The highest BCUT2D eigenvalue weighted by atomic mass is 35.5. The van der Waals surface area contributed by atoms with Gasteiger partial charge in [0.2, 0.25) is 0 Å². The Bertz CT molecular complexity index is 794. The molecular weight excluding hydrogens is 282 g/mol. The lowest BCUT2D eigenvalue weighted by Gasteiger charge is -2.08. The minimum atomic E-state index is 0.705. The van der Waals surface area contributed by atoms with Crippen molar-refractivity contribution >= 4 is 34.3 Å². The Hall–Kier alpha value is -2.32. The van der Waals surface area contributed by atoms with Crippen LogP contribution in [0.4, 0.5) is 5.69 Å². The molecule has 104 valence electrons. The fraction of sp³-hybridized carbons (Fsp3) is 0.0556. The summed E-state index contributed by atoms with van der Waals surface area (Å²) in [5, 5.41) is 2.99. The maximum Gasteiger partial charge on any atom is 0.128 e. The number of benzene rings is 3. The number of methoxy groups -OCH3 is 1. The maximum absolute atomic E-state index is 5.88. The van der Waals surface area contributed by atoms with Crippen molar-refractivity contribution in [2.45, 2.75) is 0 Å². The van der Waals surface area contributed by atoms with E-state index in [1.807, 2.05) is 54.7 Å². The molecule has 0 saturated heterocycles. The topological polar surface area (TPSA) is 21.6 Å². The van der Waals surface area contributed by atoms with E-state index < -0.39 is 0 Å². The number of hydrogen-bond acceptors (Lipinski definition) is 2. The Morgan fingerprint density at radius 3 is 2.48 bits per heavy atom. The summed E-state index contributed by atoms with van der Waals surface area (Å²) in [6, 6.07) is 19.6. The molecule has 0 aliphatic carbocycles. The predicted octanol–water partition coefficient (Wildman–Crippen LogP) is 5.25. The molecule has 3 aromatic rings. The van der Waals surface area contributed by atoms with Gasteiger partial charge in [-0.3, -0.25) is 4.99 Å². The Kier molecular flexibility index (Phi) is 3.89.